The molecule has 0 heterocycles. The van der Waals surface area contributed by atoms with Crippen molar-refractivity contribution in [2.75, 3.05) is 7.11 Å². The summed E-state index contributed by atoms with van der Waals surface area (Å²) in [5, 5.41) is 0. The first-order valence-corrected chi connectivity index (χ1v) is 15.3. The van der Waals surface area contributed by atoms with Crippen molar-refractivity contribution in [3.05, 3.63) is 47.6 Å². The van der Waals surface area contributed by atoms with E-state index in [1.807, 2.05) is 7.11 Å². The zero-order chi connectivity index (χ0) is 27.8. The highest BCUT2D eigenvalue weighted by Crippen LogP contribution is 2.75. The predicted octanol–water partition coefficient (Wildman–Crippen LogP) is 10.3. The van der Waals surface area contributed by atoms with E-state index in [0.29, 0.717) is 29.8 Å². The Morgan fingerprint density at radius 2 is 1.59 bits per heavy atom. The average Bonchev–Trinajstić information content (AvgIpc) is 3.01. The number of rotatable bonds is 7. The van der Waals surface area contributed by atoms with Crippen LogP contribution in [0, 0.1) is 50.7 Å². The topological polar surface area (TPSA) is 9.23 Å². The van der Waals surface area contributed by atoms with E-state index in [0.717, 1.165) is 19.3 Å². The summed E-state index contributed by atoms with van der Waals surface area (Å²) in [7, 11) is 1.92. The molecule has 0 saturated heterocycles. The molecular weight excluding hydrogens is 448 g/mol. The van der Waals surface area contributed by atoms with Gasteiger partial charge >= 0.3 is 0 Å². The molecule has 0 bridgehead atoms. The molecule has 4 rings (SSSR count). The van der Waals surface area contributed by atoms with Gasteiger partial charge in [0.05, 0.1) is 6.10 Å². The summed E-state index contributed by atoms with van der Waals surface area (Å²) >= 11 is 0. The maximum absolute atomic E-state index is 6.08. The Hall–Kier alpha value is -1.08. The third-order valence-corrected chi connectivity index (χ3v) is 13.6. The van der Waals surface area contributed by atoms with Crippen LogP contribution in [-0.2, 0) is 4.74 Å². The summed E-state index contributed by atoms with van der Waals surface area (Å²) in [6.45, 7) is 33.8. The van der Waals surface area contributed by atoms with Crippen molar-refractivity contribution in [1.29, 1.82) is 0 Å². The van der Waals surface area contributed by atoms with Gasteiger partial charge < -0.3 is 4.74 Å². The molecule has 0 aliphatic heterocycles. The molecular formula is C36H58O. The molecule has 1 heteroatoms. The Morgan fingerprint density at radius 1 is 1.00 bits per heavy atom. The Morgan fingerprint density at radius 3 is 2.16 bits per heavy atom. The SMILES string of the molecule is C=C(CCC(C(=C)C)[C@H]1[C@H](C)C[C@@]2(C)C3=CC[C@@]4(C)C(C)(C)[C@@H](OC)CC[C@]4(C)C3=CC[C@]12C)C(C)C. The highest BCUT2D eigenvalue weighted by molar-refractivity contribution is 5.51. The largest absolute Gasteiger partial charge is 0.381 e. The fourth-order valence-corrected chi connectivity index (χ4v) is 10.3. The second-order valence-corrected chi connectivity index (χ2v) is 15.6. The summed E-state index contributed by atoms with van der Waals surface area (Å²) in [4.78, 5) is 0. The van der Waals surface area contributed by atoms with E-state index in [9.17, 15) is 0 Å². The predicted molar refractivity (Wildman–Crippen MR) is 160 cm³/mol. The van der Waals surface area contributed by atoms with Gasteiger partial charge in [-0.25, -0.2) is 0 Å². The van der Waals surface area contributed by atoms with Gasteiger partial charge in [-0.3, -0.25) is 0 Å². The van der Waals surface area contributed by atoms with Crippen LogP contribution in [0.15, 0.2) is 47.6 Å². The van der Waals surface area contributed by atoms with Gasteiger partial charge in [-0.05, 0) is 114 Å². The van der Waals surface area contributed by atoms with Crippen molar-refractivity contribution in [2.24, 2.45) is 50.7 Å². The molecule has 4 aliphatic carbocycles. The number of hydrogen-bond donors (Lipinski definition) is 0. The highest BCUT2D eigenvalue weighted by atomic mass is 16.5. The second-order valence-electron chi connectivity index (χ2n) is 15.6. The fourth-order valence-electron chi connectivity index (χ4n) is 10.3. The minimum Gasteiger partial charge on any atom is -0.381 e. The van der Waals surface area contributed by atoms with Crippen molar-refractivity contribution in [2.45, 2.75) is 120 Å². The molecule has 0 aromatic heterocycles. The maximum atomic E-state index is 6.08. The lowest BCUT2D eigenvalue weighted by molar-refractivity contribution is -0.158. The van der Waals surface area contributed by atoms with Crippen molar-refractivity contribution in [1.82, 2.24) is 0 Å². The molecule has 0 aromatic carbocycles. The van der Waals surface area contributed by atoms with Gasteiger partial charge in [0.1, 0.15) is 0 Å². The second kappa shape index (κ2) is 9.25. The van der Waals surface area contributed by atoms with Gasteiger partial charge in [0.25, 0.3) is 0 Å². The van der Waals surface area contributed by atoms with Gasteiger partial charge in [-0.15, -0.1) is 0 Å². The van der Waals surface area contributed by atoms with Crippen LogP contribution >= 0.6 is 0 Å². The van der Waals surface area contributed by atoms with Crippen LogP contribution in [0.4, 0.5) is 0 Å². The summed E-state index contributed by atoms with van der Waals surface area (Å²) in [5.41, 5.74) is 7.17. The van der Waals surface area contributed by atoms with E-state index >= 15 is 0 Å². The molecule has 1 unspecified atom stereocenters. The number of hydrogen-bond acceptors (Lipinski definition) is 1. The van der Waals surface area contributed by atoms with E-state index in [-0.39, 0.29) is 27.1 Å². The summed E-state index contributed by atoms with van der Waals surface area (Å²) in [6.07, 6.45) is 14.1. The number of fused-ring (bicyclic) bond motifs is 5. The fraction of sp³-hybridized carbons (Fsp3) is 0.778. The van der Waals surface area contributed by atoms with E-state index in [1.165, 1.54) is 36.8 Å². The van der Waals surface area contributed by atoms with Crippen LogP contribution in [0.1, 0.15) is 114 Å². The molecule has 8 atom stereocenters. The van der Waals surface area contributed by atoms with Crippen LogP contribution in [0.25, 0.3) is 0 Å². The van der Waals surface area contributed by atoms with Crippen molar-refractivity contribution >= 4 is 0 Å². The highest BCUT2D eigenvalue weighted by Gasteiger charge is 2.68. The summed E-state index contributed by atoms with van der Waals surface area (Å²) in [6, 6.07) is 0. The monoisotopic (exact) mass is 506 g/mol. The smallest absolute Gasteiger partial charge is 0.0628 e. The third kappa shape index (κ3) is 3.79. The van der Waals surface area contributed by atoms with E-state index < -0.39 is 0 Å². The zero-order valence-electron chi connectivity index (χ0n) is 26.3. The van der Waals surface area contributed by atoms with Crippen molar-refractivity contribution < 1.29 is 4.74 Å². The van der Waals surface area contributed by atoms with Crippen LogP contribution in [0.3, 0.4) is 0 Å². The minimum atomic E-state index is 0.134. The molecule has 0 spiro atoms. The first kappa shape index (κ1) is 28.9. The Kier molecular flexibility index (Phi) is 7.23. The molecule has 0 N–H and O–H groups in total. The van der Waals surface area contributed by atoms with Gasteiger partial charge in [-0.1, -0.05) is 98.8 Å². The van der Waals surface area contributed by atoms with Gasteiger partial charge in [0.15, 0.2) is 0 Å². The molecule has 37 heavy (non-hydrogen) atoms. The van der Waals surface area contributed by atoms with Gasteiger partial charge in [0.2, 0.25) is 0 Å². The van der Waals surface area contributed by atoms with E-state index in [4.69, 9.17) is 4.74 Å². The molecule has 4 aliphatic rings. The van der Waals surface area contributed by atoms with Gasteiger partial charge in [0, 0.05) is 7.11 Å². The lowest BCUT2D eigenvalue weighted by Crippen LogP contribution is -2.61. The third-order valence-electron chi connectivity index (χ3n) is 13.6. The molecule has 0 radical (unpaired) electrons. The normalized spacial score (nSPS) is 43.3. The summed E-state index contributed by atoms with van der Waals surface area (Å²) in [5.74, 6) is 2.48. The number of ether oxygens (including phenoxy) is 1. The quantitative estimate of drug-likeness (QED) is 0.312. The minimum absolute atomic E-state index is 0.134. The molecule has 208 valence electrons. The molecule has 1 nitrogen and oxygen atoms in total. The van der Waals surface area contributed by atoms with Crippen molar-refractivity contribution in [3.8, 4) is 0 Å². The maximum Gasteiger partial charge on any atom is 0.0628 e. The van der Waals surface area contributed by atoms with Crippen molar-refractivity contribution in [3.63, 3.8) is 0 Å². The molecule has 0 amide bonds. The lowest BCUT2D eigenvalue weighted by atomic mass is 9.38. The standard InChI is InChI=1S/C36H58O/c1-23(2)25(5)14-15-27(24(3)4)31-26(6)22-35(11)29-17-21-36(12)32(7,8)30(37-13)18-20-33(36,9)28(29)16-19-34(31,35)10/h16-17,23,26-27,30-31H,3,5,14-15,18-22H2,1-2,4,6-13H3/t26-,27?,30+,31-,33-,34-,35+,36+/m1/s1. The van der Waals surface area contributed by atoms with Crippen LogP contribution < -0.4 is 0 Å². The average molecular weight is 507 g/mol. The Labute approximate surface area is 230 Å². The first-order chi connectivity index (χ1) is 17.0. The molecule has 0 aromatic rings. The first-order valence-electron chi connectivity index (χ1n) is 15.3. The van der Waals surface area contributed by atoms with E-state index in [1.54, 1.807) is 11.1 Å². The lowest BCUT2D eigenvalue weighted by Gasteiger charge is -2.66. The molecule has 2 fully saturated rings. The summed E-state index contributed by atoms with van der Waals surface area (Å²) < 4.78 is 6.08. The van der Waals surface area contributed by atoms with Crippen LogP contribution in [0.5, 0.6) is 0 Å². The van der Waals surface area contributed by atoms with E-state index in [2.05, 4.69) is 94.5 Å². The van der Waals surface area contributed by atoms with Crippen LogP contribution in [-0.4, -0.2) is 13.2 Å². The number of allylic oxidation sites excluding steroid dienone is 6. The van der Waals surface area contributed by atoms with Crippen LogP contribution in [0.2, 0.25) is 0 Å². The Bertz CT molecular complexity index is 1010. The van der Waals surface area contributed by atoms with Gasteiger partial charge in [-0.2, -0.15) is 0 Å². The zero-order valence-corrected chi connectivity index (χ0v) is 26.3. The molecule has 2 saturated carbocycles. The number of methoxy groups -OCH3 is 1. The Balaban J connectivity index is 1.75.